The molecule has 0 saturated carbocycles. The summed E-state index contributed by atoms with van der Waals surface area (Å²) >= 11 is 13.0. The number of rotatable bonds is 5. The zero-order valence-corrected chi connectivity index (χ0v) is 18.7. The number of aromatic nitrogens is 2. The van der Waals surface area contributed by atoms with Crippen LogP contribution in [-0.2, 0) is 16.6 Å². The molecule has 1 aliphatic heterocycles. The van der Waals surface area contributed by atoms with E-state index < -0.39 is 10.0 Å². The van der Waals surface area contributed by atoms with Crippen LogP contribution < -0.4 is 0 Å². The van der Waals surface area contributed by atoms with Gasteiger partial charge in [-0.2, -0.15) is 9.29 Å². The molecular formula is C18H18Cl2N4O3S2. The second-order valence-electron chi connectivity index (χ2n) is 6.75. The van der Waals surface area contributed by atoms with Crippen LogP contribution in [-0.4, -0.2) is 53.9 Å². The molecule has 1 fully saturated rings. The second-order valence-corrected chi connectivity index (χ2v) is 10.9. The molecule has 0 spiro atoms. The lowest BCUT2D eigenvalue weighted by Gasteiger charge is -2.32. The zero-order valence-electron chi connectivity index (χ0n) is 15.5. The van der Waals surface area contributed by atoms with Crippen molar-refractivity contribution >= 4 is 44.6 Å². The molecule has 154 valence electrons. The first-order chi connectivity index (χ1) is 13.8. The molecule has 0 amide bonds. The summed E-state index contributed by atoms with van der Waals surface area (Å²) in [7, 11) is -3.65. The molecule has 29 heavy (non-hydrogen) atoms. The van der Waals surface area contributed by atoms with E-state index >= 15 is 0 Å². The van der Waals surface area contributed by atoms with Gasteiger partial charge in [0.25, 0.3) is 0 Å². The maximum Gasteiger partial charge on any atom is 0.245 e. The molecule has 0 atom stereocenters. The maximum absolute atomic E-state index is 12.8. The van der Waals surface area contributed by atoms with Gasteiger partial charge < -0.3 is 4.52 Å². The summed E-state index contributed by atoms with van der Waals surface area (Å²) in [5.74, 6) is 1.05. The van der Waals surface area contributed by atoms with Crippen molar-refractivity contribution in [1.82, 2.24) is 19.3 Å². The van der Waals surface area contributed by atoms with Crippen molar-refractivity contribution in [3.8, 4) is 11.4 Å². The predicted octanol–water partition coefficient (Wildman–Crippen LogP) is 3.92. The number of nitrogens with zero attached hydrogens (tertiary/aromatic N) is 4. The number of thiophene rings is 1. The van der Waals surface area contributed by atoms with Gasteiger partial charge >= 0.3 is 0 Å². The number of aryl methyl sites for hydroxylation is 1. The van der Waals surface area contributed by atoms with E-state index in [9.17, 15) is 8.42 Å². The molecule has 3 heterocycles. The van der Waals surface area contributed by atoms with E-state index in [-0.39, 0.29) is 9.23 Å². The van der Waals surface area contributed by atoms with Crippen molar-refractivity contribution < 1.29 is 12.9 Å². The molecule has 1 aliphatic rings. The van der Waals surface area contributed by atoms with Crippen LogP contribution in [0.4, 0.5) is 0 Å². The van der Waals surface area contributed by atoms with Gasteiger partial charge in [0.05, 0.1) is 10.9 Å². The van der Waals surface area contributed by atoms with Gasteiger partial charge in [-0.15, -0.1) is 11.3 Å². The normalized spacial score (nSPS) is 16.4. The number of hydrogen-bond donors (Lipinski definition) is 0. The summed E-state index contributed by atoms with van der Waals surface area (Å²) < 4.78 is 32.9. The maximum atomic E-state index is 12.8. The van der Waals surface area contributed by atoms with E-state index in [1.165, 1.54) is 10.4 Å². The van der Waals surface area contributed by atoms with Gasteiger partial charge in [0.1, 0.15) is 9.23 Å². The third-order valence-electron chi connectivity index (χ3n) is 4.71. The molecule has 0 unspecified atom stereocenters. The van der Waals surface area contributed by atoms with Crippen LogP contribution in [0.25, 0.3) is 11.4 Å². The Kier molecular flexibility index (Phi) is 5.97. The highest BCUT2D eigenvalue weighted by atomic mass is 35.5. The van der Waals surface area contributed by atoms with Crippen molar-refractivity contribution in [3.63, 3.8) is 0 Å². The molecule has 3 aromatic rings. The van der Waals surface area contributed by atoms with Gasteiger partial charge in [0, 0.05) is 31.7 Å². The predicted molar refractivity (Wildman–Crippen MR) is 113 cm³/mol. The monoisotopic (exact) mass is 472 g/mol. The van der Waals surface area contributed by atoms with Crippen molar-refractivity contribution in [2.45, 2.75) is 18.4 Å². The first-order valence-electron chi connectivity index (χ1n) is 8.90. The number of sulfonamides is 1. The Morgan fingerprint density at radius 3 is 2.45 bits per heavy atom. The molecule has 7 nitrogen and oxygen atoms in total. The van der Waals surface area contributed by atoms with Crippen LogP contribution in [0.15, 0.2) is 39.8 Å². The molecule has 0 radical (unpaired) electrons. The number of piperazine rings is 1. The van der Waals surface area contributed by atoms with E-state index in [0.717, 1.165) is 22.5 Å². The summed E-state index contributed by atoms with van der Waals surface area (Å²) in [6, 6.07) is 9.31. The number of hydrogen-bond acceptors (Lipinski definition) is 7. The van der Waals surface area contributed by atoms with Gasteiger partial charge in [-0.1, -0.05) is 58.2 Å². The Morgan fingerprint density at radius 1 is 1.14 bits per heavy atom. The summed E-state index contributed by atoms with van der Waals surface area (Å²) in [5, 5.41) is 4.04. The highest BCUT2D eigenvalue weighted by Gasteiger charge is 2.31. The van der Waals surface area contributed by atoms with E-state index in [1.807, 2.05) is 31.2 Å². The van der Waals surface area contributed by atoms with Crippen LogP contribution in [0.2, 0.25) is 8.67 Å². The lowest BCUT2D eigenvalue weighted by Crippen LogP contribution is -2.48. The quantitative estimate of drug-likeness (QED) is 0.559. The smallest absolute Gasteiger partial charge is 0.245 e. The molecule has 11 heteroatoms. The summed E-state index contributed by atoms with van der Waals surface area (Å²) in [4.78, 5) is 6.61. The van der Waals surface area contributed by atoms with Crippen LogP contribution in [0, 0.1) is 6.92 Å². The van der Waals surface area contributed by atoms with Crippen LogP contribution in [0.5, 0.6) is 0 Å². The Morgan fingerprint density at radius 2 is 1.83 bits per heavy atom. The van der Waals surface area contributed by atoms with Gasteiger partial charge in [-0.05, 0) is 13.0 Å². The SMILES string of the molecule is Cc1ccc(-c2noc(CN3CCN(S(=O)(=O)c4cc(Cl)sc4Cl)CC3)n2)cc1. The van der Waals surface area contributed by atoms with Crippen molar-refractivity contribution in [2.24, 2.45) is 0 Å². The third-order valence-corrected chi connectivity index (χ3v) is 8.36. The molecule has 2 aromatic heterocycles. The minimum Gasteiger partial charge on any atom is -0.338 e. The molecule has 0 N–H and O–H groups in total. The zero-order chi connectivity index (χ0) is 20.6. The van der Waals surface area contributed by atoms with Crippen LogP contribution in [0.3, 0.4) is 0 Å². The molecule has 1 saturated heterocycles. The molecule has 0 aliphatic carbocycles. The van der Waals surface area contributed by atoms with Crippen LogP contribution >= 0.6 is 34.5 Å². The fourth-order valence-corrected chi connectivity index (χ4v) is 6.63. The van der Waals surface area contributed by atoms with E-state index in [4.69, 9.17) is 27.7 Å². The van der Waals surface area contributed by atoms with E-state index in [0.29, 0.717) is 48.8 Å². The highest BCUT2D eigenvalue weighted by molar-refractivity contribution is 7.89. The van der Waals surface area contributed by atoms with Crippen LogP contribution in [0.1, 0.15) is 11.5 Å². The Hall–Kier alpha value is -1.49. The minimum atomic E-state index is -3.65. The highest BCUT2D eigenvalue weighted by Crippen LogP contribution is 2.36. The minimum absolute atomic E-state index is 0.0715. The lowest BCUT2D eigenvalue weighted by atomic mass is 10.1. The lowest BCUT2D eigenvalue weighted by molar-refractivity contribution is 0.163. The Labute approximate surface area is 182 Å². The summed E-state index contributed by atoms with van der Waals surface area (Å²) in [6.07, 6.45) is 0. The first kappa shape index (κ1) is 20.8. The molecule has 1 aromatic carbocycles. The molecule has 0 bridgehead atoms. The fourth-order valence-electron chi connectivity index (χ4n) is 3.10. The first-order valence-corrected chi connectivity index (χ1v) is 11.9. The van der Waals surface area contributed by atoms with Crippen molar-refractivity contribution in [2.75, 3.05) is 26.2 Å². The molecule has 4 rings (SSSR count). The average Bonchev–Trinajstić information content (AvgIpc) is 3.29. The number of halogens is 2. The fraction of sp³-hybridized carbons (Fsp3) is 0.333. The summed E-state index contributed by atoms with van der Waals surface area (Å²) in [5.41, 5.74) is 2.06. The molecular weight excluding hydrogens is 455 g/mol. The van der Waals surface area contributed by atoms with Crippen molar-refractivity contribution in [1.29, 1.82) is 0 Å². The largest absolute Gasteiger partial charge is 0.338 e. The van der Waals surface area contributed by atoms with Gasteiger partial charge in [-0.25, -0.2) is 8.42 Å². The van der Waals surface area contributed by atoms with Gasteiger partial charge in [0.2, 0.25) is 21.7 Å². The topological polar surface area (TPSA) is 79.5 Å². The Balaban J connectivity index is 1.38. The summed E-state index contributed by atoms with van der Waals surface area (Å²) in [6.45, 7) is 4.30. The van der Waals surface area contributed by atoms with E-state index in [2.05, 4.69) is 15.0 Å². The van der Waals surface area contributed by atoms with Gasteiger partial charge in [-0.3, -0.25) is 4.90 Å². The van der Waals surface area contributed by atoms with Gasteiger partial charge in [0.15, 0.2) is 0 Å². The Bertz CT molecular complexity index is 1100. The second kappa shape index (κ2) is 8.33. The van der Waals surface area contributed by atoms with Crippen molar-refractivity contribution in [3.05, 3.63) is 50.5 Å². The number of benzene rings is 1. The average molecular weight is 473 g/mol. The van der Waals surface area contributed by atoms with E-state index in [1.54, 1.807) is 0 Å². The third kappa shape index (κ3) is 4.50. The standard InChI is InChI=1S/C18H18Cl2N4O3S2/c1-12-2-4-13(5-3-12)18-21-16(27-22-18)11-23-6-8-24(9-7-23)29(25,26)14-10-15(19)28-17(14)20/h2-5,10H,6-9,11H2,1H3.